The normalized spacial score (nSPS) is 10.7. The molecule has 0 amide bonds. The van der Waals surface area contributed by atoms with Gasteiger partial charge in [0.2, 0.25) is 5.78 Å². The molecule has 5 nitrogen and oxygen atoms in total. The molecule has 148 valence electrons. The SMILES string of the molecule is O=C(COC(=O)c1ccc2ccccc2c1)COC(=O)c1ccc2ccccc2c1. The van der Waals surface area contributed by atoms with Crippen molar-refractivity contribution in [3.05, 3.63) is 96.1 Å². The van der Waals surface area contributed by atoms with Crippen LogP contribution in [0.15, 0.2) is 84.9 Å². The zero-order valence-electron chi connectivity index (χ0n) is 16.0. The van der Waals surface area contributed by atoms with Gasteiger partial charge >= 0.3 is 11.9 Å². The first kappa shape index (κ1) is 19.3. The highest BCUT2D eigenvalue weighted by Crippen LogP contribution is 2.17. The number of hydrogen-bond donors (Lipinski definition) is 0. The molecule has 0 atom stereocenters. The molecule has 30 heavy (non-hydrogen) atoms. The van der Waals surface area contributed by atoms with Crippen molar-refractivity contribution in [2.75, 3.05) is 13.2 Å². The van der Waals surface area contributed by atoms with Crippen LogP contribution in [0, 0.1) is 0 Å². The highest BCUT2D eigenvalue weighted by atomic mass is 16.6. The number of benzene rings is 4. The molecule has 4 aromatic rings. The fraction of sp³-hybridized carbons (Fsp3) is 0.0800. The van der Waals surface area contributed by atoms with E-state index in [9.17, 15) is 14.4 Å². The second-order valence-corrected chi connectivity index (χ2v) is 6.81. The summed E-state index contributed by atoms with van der Waals surface area (Å²) in [5.41, 5.74) is 0.712. The Hall–Kier alpha value is -3.99. The molecule has 0 spiro atoms. The number of hydrogen-bond acceptors (Lipinski definition) is 5. The molecule has 5 heteroatoms. The molecule has 0 radical (unpaired) electrons. The Morgan fingerprint density at radius 3 is 1.37 bits per heavy atom. The predicted octanol–water partition coefficient (Wildman–Crippen LogP) is 4.58. The van der Waals surface area contributed by atoms with Crippen LogP contribution in [0.25, 0.3) is 21.5 Å². The average Bonchev–Trinajstić information content (AvgIpc) is 2.80. The van der Waals surface area contributed by atoms with Gasteiger partial charge in [0.25, 0.3) is 0 Å². The second kappa shape index (κ2) is 8.57. The molecule has 0 aliphatic rings. The minimum Gasteiger partial charge on any atom is -0.454 e. The van der Waals surface area contributed by atoms with Crippen LogP contribution in [0.4, 0.5) is 0 Å². The van der Waals surface area contributed by atoms with E-state index in [1.165, 1.54) is 0 Å². The van der Waals surface area contributed by atoms with Gasteiger partial charge in [0.1, 0.15) is 0 Å². The zero-order chi connectivity index (χ0) is 20.9. The molecule has 0 fully saturated rings. The Morgan fingerprint density at radius 1 is 0.533 bits per heavy atom. The number of ether oxygens (including phenoxy) is 2. The Bertz CT molecular complexity index is 1160. The van der Waals surface area contributed by atoms with E-state index in [1.54, 1.807) is 24.3 Å². The molecule has 0 heterocycles. The van der Waals surface area contributed by atoms with Gasteiger partial charge in [-0.3, -0.25) is 4.79 Å². The molecular weight excluding hydrogens is 380 g/mol. The van der Waals surface area contributed by atoms with E-state index in [4.69, 9.17) is 9.47 Å². The van der Waals surface area contributed by atoms with Gasteiger partial charge in [0, 0.05) is 0 Å². The maximum absolute atomic E-state index is 12.2. The van der Waals surface area contributed by atoms with Crippen LogP contribution in [0.5, 0.6) is 0 Å². The monoisotopic (exact) mass is 398 g/mol. The topological polar surface area (TPSA) is 69.7 Å². The Morgan fingerprint density at radius 2 is 0.933 bits per heavy atom. The number of fused-ring (bicyclic) bond motifs is 2. The van der Waals surface area contributed by atoms with Crippen molar-refractivity contribution in [2.45, 2.75) is 0 Å². The van der Waals surface area contributed by atoms with E-state index < -0.39 is 30.9 Å². The first-order chi connectivity index (χ1) is 14.6. The molecule has 0 aliphatic heterocycles. The fourth-order valence-electron chi connectivity index (χ4n) is 3.13. The largest absolute Gasteiger partial charge is 0.454 e. The molecule has 0 unspecified atom stereocenters. The van der Waals surface area contributed by atoms with E-state index in [2.05, 4.69) is 0 Å². The Balaban J connectivity index is 1.30. The van der Waals surface area contributed by atoms with E-state index in [1.807, 2.05) is 60.7 Å². The van der Waals surface area contributed by atoms with Gasteiger partial charge in [-0.2, -0.15) is 0 Å². The van der Waals surface area contributed by atoms with Crippen molar-refractivity contribution in [3.8, 4) is 0 Å². The standard InChI is InChI=1S/C25H18O5/c26-23(15-29-24(27)21-11-9-17-5-1-3-7-19(17)13-21)16-30-25(28)22-12-10-18-6-2-4-8-20(18)14-22/h1-14H,15-16H2. The van der Waals surface area contributed by atoms with Crippen LogP contribution in [-0.2, 0) is 14.3 Å². The van der Waals surface area contributed by atoms with Crippen LogP contribution in [-0.4, -0.2) is 30.9 Å². The number of rotatable bonds is 6. The lowest BCUT2D eigenvalue weighted by molar-refractivity contribution is -0.125. The quantitative estimate of drug-likeness (QED) is 0.445. The Labute approximate surface area is 172 Å². The van der Waals surface area contributed by atoms with Gasteiger partial charge in [-0.25, -0.2) is 9.59 Å². The number of carbonyl (C=O) groups excluding carboxylic acids is 3. The third-order valence-electron chi connectivity index (χ3n) is 4.70. The summed E-state index contributed by atoms with van der Waals surface area (Å²) in [6, 6.07) is 25.6. The molecule has 0 aromatic heterocycles. The predicted molar refractivity (Wildman–Crippen MR) is 113 cm³/mol. The van der Waals surface area contributed by atoms with Gasteiger partial charge in [-0.15, -0.1) is 0 Å². The Kier molecular flexibility index (Phi) is 5.52. The molecule has 4 rings (SSSR count). The molecule has 0 N–H and O–H groups in total. The van der Waals surface area contributed by atoms with Gasteiger partial charge in [-0.1, -0.05) is 60.7 Å². The van der Waals surface area contributed by atoms with Crippen molar-refractivity contribution in [1.29, 1.82) is 0 Å². The van der Waals surface area contributed by atoms with Gasteiger partial charge < -0.3 is 9.47 Å². The van der Waals surface area contributed by atoms with E-state index >= 15 is 0 Å². The number of ketones is 1. The number of esters is 2. The lowest BCUT2D eigenvalue weighted by Gasteiger charge is -2.07. The number of carbonyl (C=O) groups is 3. The highest BCUT2D eigenvalue weighted by molar-refractivity contribution is 5.98. The summed E-state index contributed by atoms with van der Waals surface area (Å²) < 4.78 is 10.1. The van der Waals surface area contributed by atoms with E-state index in [-0.39, 0.29) is 0 Å². The van der Waals surface area contributed by atoms with Crippen LogP contribution >= 0.6 is 0 Å². The van der Waals surface area contributed by atoms with Crippen molar-refractivity contribution in [2.24, 2.45) is 0 Å². The molecular formula is C25H18O5. The summed E-state index contributed by atoms with van der Waals surface area (Å²) in [6.45, 7) is -0.923. The lowest BCUT2D eigenvalue weighted by Crippen LogP contribution is -2.20. The van der Waals surface area contributed by atoms with Crippen molar-refractivity contribution < 1.29 is 23.9 Å². The van der Waals surface area contributed by atoms with Crippen molar-refractivity contribution in [1.82, 2.24) is 0 Å². The molecule has 0 saturated carbocycles. The van der Waals surface area contributed by atoms with Crippen LogP contribution < -0.4 is 0 Å². The van der Waals surface area contributed by atoms with E-state index in [0.29, 0.717) is 11.1 Å². The van der Waals surface area contributed by atoms with Crippen LogP contribution in [0.2, 0.25) is 0 Å². The first-order valence-corrected chi connectivity index (χ1v) is 9.44. The average molecular weight is 398 g/mol. The maximum Gasteiger partial charge on any atom is 0.338 e. The zero-order valence-corrected chi connectivity index (χ0v) is 16.0. The summed E-state index contributed by atoms with van der Waals surface area (Å²) in [7, 11) is 0. The summed E-state index contributed by atoms with van der Waals surface area (Å²) in [5, 5.41) is 3.82. The summed E-state index contributed by atoms with van der Waals surface area (Å²) in [5.74, 6) is -1.71. The van der Waals surface area contributed by atoms with Crippen molar-refractivity contribution >= 4 is 39.3 Å². The van der Waals surface area contributed by atoms with Gasteiger partial charge in [0.15, 0.2) is 13.2 Å². The molecule has 0 bridgehead atoms. The van der Waals surface area contributed by atoms with Gasteiger partial charge in [0.05, 0.1) is 11.1 Å². The highest BCUT2D eigenvalue weighted by Gasteiger charge is 2.14. The van der Waals surface area contributed by atoms with E-state index in [0.717, 1.165) is 21.5 Å². The van der Waals surface area contributed by atoms with Crippen LogP contribution in [0.1, 0.15) is 20.7 Å². The van der Waals surface area contributed by atoms with Crippen LogP contribution in [0.3, 0.4) is 0 Å². The lowest BCUT2D eigenvalue weighted by atomic mass is 10.1. The maximum atomic E-state index is 12.2. The fourth-order valence-corrected chi connectivity index (χ4v) is 3.13. The minimum atomic E-state index is -0.602. The smallest absolute Gasteiger partial charge is 0.338 e. The summed E-state index contributed by atoms with van der Waals surface area (Å²) in [4.78, 5) is 36.4. The summed E-state index contributed by atoms with van der Waals surface area (Å²) >= 11 is 0. The third-order valence-corrected chi connectivity index (χ3v) is 4.70. The van der Waals surface area contributed by atoms with Crippen molar-refractivity contribution in [3.63, 3.8) is 0 Å². The molecule has 4 aromatic carbocycles. The second-order valence-electron chi connectivity index (χ2n) is 6.81. The van der Waals surface area contributed by atoms with Gasteiger partial charge in [-0.05, 0) is 45.8 Å². The molecule has 0 saturated heterocycles. The minimum absolute atomic E-state index is 0.356. The first-order valence-electron chi connectivity index (χ1n) is 9.44. The number of Topliss-reactive ketones (excluding diaryl/α,β-unsaturated/α-hetero) is 1. The third kappa shape index (κ3) is 4.36. The molecule has 0 aliphatic carbocycles. The summed E-state index contributed by atoms with van der Waals surface area (Å²) in [6.07, 6.45) is 0.